The summed E-state index contributed by atoms with van der Waals surface area (Å²) in [5, 5.41) is 5.21. The van der Waals surface area contributed by atoms with Crippen molar-refractivity contribution in [3.8, 4) is 10.4 Å². The molecule has 0 fully saturated rings. The molecule has 0 aliphatic heterocycles. The lowest BCUT2D eigenvalue weighted by Crippen LogP contribution is -2.66. The van der Waals surface area contributed by atoms with Crippen molar-refractivity contribution in [2.45, 2.75) is 58.8 Å². The van der Waals surface area contributed by atoms with Crippen LogP contribution in [-0.2, 0) is 15.8 Å². The van der Waals surface area contributed by atoms with E-state index >= 15 is 0 Å². The third kappa shape index (κ3) is 6.61. The fourth-order valence-corrected chi connectivity index (χ4v) is 10.3. The number of nitrogens with one attached hydrogen (secondary N) is 1. The van der Waals surface area contributed by atoms with E-state index in [9.17, 15) is 4.79 Å². The Balaban J connectivity index is 1.61. The molecule has 0 aliphatic rings. The molecule has 3 N–H and O–H groups in total. The zero-order valence-corrected chi connectivity index (χ0v) is 25.4. The van der Waals surface area contributed by atoms with Crippen LogP contribution in [0.25, 0.3) is 10.4 Å². The summed E-state index contributed by atoms with van der Waals surface area (Å²) in [6.45, 7) is 12.8. The van der Waals surface area contributed by atoms with Gasteiger partial charge in [-0.25, -0.2) is 4.79 Å². The van der Waals surface area contributed by atoms with Crippen molar-refractivity contribution in [1.29, 1.82) is 0 Å². The highest BCUT2D eigenvalue weighted by atomic mass is 32.1. The van der Waals surface area contributed by atoms with Crippen LogP contribution < -0.4 is 21.4 Å². The Hall–Kier alpha value is -3.39. The number of anilines is 2. The van der Waals surface area contributed by atoms with E-state index in [4.69, 9.17) is 14.9 Å². The number of rotatable bonds is 7. The molecule has 1 amide bonds. The van der Waals surface area contributed by atoms with Crippen LogP contribution in [0.3, 0.4) is 0 Å². The van der Waals surface area contributed by atoms with Crippen LogP contribution in [0.1, 0.15) is 46.4 Å². The van der Waals surface area contributed by atoms with Gasteiger partial charge in [0.2, 0.25) is 0 Å². The lowest BCUT2D eigenvalue weighted by molar-refractivity contribution is 0.0636. The molecule has 3 aromatic carbocycles. The van der Waals surface area contributed by atoms with Crippen LogP contribution in [0.4, 0.5) is 16.2 Å². The second-order valence-corrected chi connectivity index (χ2v) is 17.1. The molecule has 1 aromatic heterocycles. The zero-order chi connectivity index (χ0) is 28.3. The predicted molar refractivity (Wildman–Crippen MR) is 166 cm³/mol. The number of hydrogen-bond acceptors (Lipinski definition) is 5. The number of nitrogens with two attached hydrogens (primary N) is 1. The van der Waals surface area contributed by atoms with E-state index in [1.807, 2.05) is 32.9 Å². The highest BCUT2D eigenvalue weighted by Crippen LogP contribution is 2.38. The Labute approximate surface area is 237 Å². The molecule has 7 heteroatoms. The van der Waals surface area contributed by atoms with Crippen molar-refractivity contribution in [3.05, 3.63) is 95.9 Å². The first kappa shape index (κ1) is 28.6. The van der Waals surface area contributed by atoms with Gasteiger partial charge < -0.3 is 14.9 Å². The van der Waals surface area contributed by atoms with Crippen LogP contribution in [-0.4, -0.2) is 20.0 Å². The lowest BCUT2D eigenvalue weighted by Gasteiger charge is -2.43. The number of nitrogen functional groups attached to an aromatic ring is 1. The van der Waals surface area contributed by atoms with Gasteiger partial charge in [-0.1, -0.05) is 87.5 Å². The molecule has 1 heterocycles. The SMILES string of the molecule is CC(C)(C)OC(=O)Nc1cc(-c2ccc(CO[Si](c3ccccc3)(c3ccccc3)C(C)(C)C)s2)ccc1N. The summed E-state index contributed by atoms with van der Waals surface area (Å²) in [6, 6.07) is 31.2. The predicted octanol–water partition coefficient (Wildman–Crippen LogP) is 7.42. The van der Waals surface area contributed by atoms with Crippen molar-refractivity contribution in [2.75, 3.05) is 11.1 Å². The molecule has 0 unspecified atom stereocenters. The largest absolute Gasteiger partial charge is 0.444 e. The second kappa shape index (κ2) is 11.4. The molecule has 0 atom stereocenters. The molecular formula is C32H38N2O3SSi. The van der Waals surface area contributed by atoms with Gasteiger partial charge in [0.1, 0.15) is 5.60 Å². The Morgan fingerprint density at radius 3 is 1.97 bits per heavy atom. The minimum atomic E-state index is -2.63. The van der Waals surface area contributed by atoms with Crippen molar-refractivity contribution >= 4 is 47.5 Å². The van der Waals surface area contributed by atoms with Crippen molar-refractivity contribution < 1.29 is 14.0 Å². The average Bonchev–Trinajstić information content (AvgIpc) is 3.34. The summed E-state index contributed by atoms with van der Waals surface area (Å²) in [4.78, 5) is 14.5. The monoisotopic (exact) mass is 558 g/mol. The van der Waals surface area contributed by atoms with E-state index in [1.54, 1.807) is 17.4 Å². The molecule has 4 rings (SSSR count). The molecule has 0 bridgehead atoms. The number of benzene rings is 3. The van der Waals surface area contributed by atoms with Gasteiger partial charge in [-0.15, -0.1) is 11.3 Å². The Morgan fingerprint density at radius 1 is 0.846 bits per heavy atom. The van der Waals surface area contributed by atoms with Gasteiger partial charge in [0, 0.05) is 9.75 Å². The van der Waals surface area contributed by atoms with Gasteiger partial charge in [-0.2, -0.15) is 0 Å². The number of amides is 1. The molecule has 0 saturated heterocycles. The summed E-state index contributed by atoms with van der Waals surface area (Å²) in [5.74, 6) is 0. The van der Waals surface area contributed by atoms with Crippen LogP contribution >= 0.6 is 11.3 Å². The summed E-state index contributed by atoms with van der Waals surface area (Å²) in [7, 11) is -2.63. The van der Waals surface area contributed by atoms with Crippen molar-refractivity contribution in [3.63, 3.8) is 0 Å². The number of thiophene rings is 1. The normalized spacial score (nSPS) is 12.3. The third-order valence-corrected chi connectivity index (χ3v) is 12.6. The van der Waals surface area contributed by atoms with Crippen LogP contribution in [0.5, 0.6) is 0 Å². The van der Waals surface area contributed by atoms with Gasteiger partial charge in [-0.05, 0) is 66.0 Å². The second-order valence-electron chi connectivity index (χ2n) is 11.6. The Bertz CT molecular complexity index is 1370. The maximum absolute atomic E-state index is 12.3. The first-order chi connectivity index (χ1) is 18.4. The number of hydrogen-bond donors (Lipinski definition) is 2. The molecule has 0 spiro atoms. The fourth-order valence-electron chi connectivity index (χ4n) is 4.78. The minimum absolute atomic E-state index is 0.0883. The quantitative estimate of drug-likeness (QED) is 0.183. The minimum Gasteiger partial charge on any atom is -0.444 e. The topological polar surface area (TPSA) is 73.6 Å². The van der Waals surface area contributed by atoms with Crippen LogP contribution in [0.15, 0.2) is 91.0 Å². The highest BCUT2D eigenvalue weighted by molar-refractivity contribution is 7.15. The van der Waals surface area contributed by atoms with Gasteiger partial charge in [0.05, 0.1) is 18.0 Å². The first-order valence-electron chi connectivity index (χ1n) is 13.1. The van der Waals surface area contributed by atoms with Gasteiger partial charge in [-0.3, -0.25) is 5.32 Å². The molecule has 0 aliphatic carbocycles. The van der Waals surface area contributed by atoms with Crippen molar-refractivity contribution in [1.82, 2.24) is 0 Å². The summed E-state index contributed by atoms with van der Waals surface area (Å²) >= 11 is 1.68. The average molecular weight is 559 g/mol. The molecule has 5 nitrogen and oxygen atoms in total. The van der Waals surface area contributed by atoms with E-state index in [1.165, 1.54) is 10.4 Å². The maximum Gasteiger partial charge on any atom is 0.412 e. The molecule has 4 aromatic rings. The number of ether oxygens (including phenoxy) is 1. The molecular weight excluding hydrogens is 521 g/mol. The molecule has 0 saturated carbocycles. The molecule has 0 radical (unpaired) electrons. The van der Waals surface area contributed by atoms with Crippen LogP contribution in [0, 0.1) is 0 Å². The Kier molecular flexibility index (Phi) is 8.35. The van der Waals surface area contributed by atoms with E-state index in [2.05, 4.69) is 98.9 Å². The summed E-state index contributed by atoms with van der Waals surface area (Å²) in [6.07, 6.45) is -0.531. The van der Waals surface area contributed by atoms with E-state index in [-0.39, 0.29) is 5.04 Å². The van der Waals surface area contributed by atoms with Gasteiger partial charge in [0.25, 0.3) is 8.32 Å². The van der Waals surface area contributed by atoms with Crippen molar-refractivity contribution in [2.24, 2.45) is 0 Å². The maximum atomic E-state index is 12.3. The van der Waals surface area contributed by atoms with E-state index in [0.29, 0.717) is 18.0 Å². The third-order valence-electron chi connectivity index (χ3n) is 6.48. The number of carbonyl (C=O) groups excluding carboxylic acids is 1. The van der Waals surface area contributed by atoms with Crippen LogP contribution in [0.2, 0.25) is 5.04 Å². The standard InChI is InChI=1S/C32H38N2O3SSi/c1-31(2,3)37-30(35)34-28-21-23(17-19-27(28)33)29-20-18-24(38-29)22-36-39(32(4,5)6,25-13-9-7-10-14-25)26-15-11-8-12-16-26/h7-21H,22,33H2,1-6H3,(H,34,35). The molecule has 204 valence electrons. The van der Waals surface area contributed by atoms with Gasteiger partial charge in [0.15, 0.2) is 0 Å². The van der Waals surface area contributed by atoms with E-state index in [0.717, 1.165) is 15.3 Å². The smallest absolute Gasteiger partial charge is 0.412 e. The highest BCUT2D eigenvalue weighted by Gasteiger charge is 2.50. The number of carbonyl (C=O) groups is 1. The fraction of sp³-hybridized carbons (Fsp3) is 0.281. The Morgan fingerprint density at radius 2 is 1.44 bits per heavy atom. The van der Waals surface area contributed by atoms with Gasteiger partial charge >= 0.3 is 6.09 Å². The first-order valence-corrected chi connectivity index (χ1v) is 15.9. The molecule has 39 heavy (non-hydrogen) atoms. The zero-order valence-electron chi connectivity index (χ0n) is 23.6. The summed E-state index contributed by atoms with van der Waals surface area (Å²) < 4.78 is 12.5. The lowest BCUT2D eigenvalue weighted by atomic mass is 10.1. The van der Waals surface area contributed by atoms with E-state index < -0.39 is 20.0 Å². The summed E-state index contributed by atoms with van der Waals surface area (Å²) in [5.41, 5.74) is 7.54.